The average Bonchev–Trinajstić information content (AvgIpc) is 3.61. The molecule has 1 aromatic rings. The third-order valence-corrected chi connectivity index (χ3v) is 9.14. The summed E-state index contributed by atoms with van der Waals surface area (Å²) in [7, 11) is 1.50. The minimum atomic E-state index is -0.487. The van der Waals surface area contributed by atoms with E-state index in [4.69, 9.17) is 4.74 Å². The molecular weight excluding hydrogens is 512 g/mol. The fourth-order valence-corrected chi connectivity index (χ4v) is 6.79. The van der Waals surface area contributed by atoms with Crippen LogP contribution < -0.4 is 5.73 Å². The zero-order valence-electron chi connectivity index (χ0n) is 25.5. The first kappa shape index (κ1) is 34.0. The number of likely N-dealkylation sites (tertiary alicyclic amines) is 1. The van der Waals surface area contributed by atoms with Gasteiger partial charge in [-0.2, -0.15) is 0 Å². The smallest absolute Gasteiger partial charge is 0.410 e. The first-order valence-corrected chi connectivity index (χ1v) is 15.4. The van der Waals surface area contributed by atoms with Crippen LogP contribution in [-0.2, 0) is 9.53 Å². The van der Waals surface area contributed by atoms with Crippen molar-refractivity contribution < 1.29 is 23.1 Å². The molecule has 2 saturated heterocycles. The highest BCUT2D eigenvalue weighted by Gasteiger charge is 2.48. The Hall–Kier alpha value is -2.22. The van der Waals surface area contributed by atoms with Crippen molar-refractivity contribution in [1.82, 2.24) is 9.80 Å². The molecule has 2 N–H and O–H groups in total. The molecule has 0 unspecified atom stereocenters. The van der Waals surface area contributed by atoms with Gasteiger partial charge in [-0.25, -0.2) is 13.6 Å². The molecular formula is C32H53F2N3O3. The standard InChI is InChI=1S/C18H30N2O3.C11H12F2.C2H6.CH5N/c1-17(2)13-23-16(22)20(17)12-18(15-6-4-3-5-7-15)8-10-19(14-21)11-9-18;12-9-5-6-10(11(13)7-9)8-3-1-2-4-8;2*1-2/h14-15H,3-13H2,1-2H3;5-8H,1-4H2;1-2H3;2H2,1H3. The van der Waals surface area contributed by atoms with Crippen LogP contribution >= 0.6 is 0 Å². The maximum Gasteiger partial charge on any atom is 0.410 e. The van der Waals surface area contributed by atoms with Crippen LogP contribution in [0.2, 0.25) is 0 Å². The van der Waals surface area contributed by atoms with Crippen LogP contribution in [0.1, 0.15) is 110 Å². The van der Waals surface area contributed by atoms with Gasteiger partial charge < -0.3 is 15.4 Å². The summed E-state index contributed by atoms with van der Waals surface area (Å²) in [5.41, 5.74) is 5.13. The molecule has 40 heavy (non-hydrogen) atoms. The van der Waals surface area contributed by atoms with Crippen molar-refractivity contribution in [3.05, 3.63) is 35.4 Å². The molecule has 0 radical (unpaired) electrons. The Kier molecular flexibility index (Phi) is 13.8. The summed E-state index contributed by atoms with van der Waals surface area (Å²) in [6.45, 7) is 11.1. The van der Waals surface area contributed by atoms with Gasteiger partial charge in [-0.05, 0) is 88.3 Å². The summed E-state index contributed by atoms with van der Waals surface area (Å²) in [5.74, 6) is 0.126. The van der Waals surface area contributed by atoms with Gasteiger partial charge in [0, 0.05) is 25.7 Å². The van der Waals surface area contributed by atoms with Gasteiger partial charge in [0.1, 0.15) is 18.2 Å². The summed E-state index contributed by atoms with van der Waals surface area (Å²) in [6, 6.07) is 3.91. The molecule has 5 rings (SSSR count). The van der Waals surface area contributed by atoms with E-state index in [1.807, 2.05) is 23.6 Å². The van der Waals surface area contributed by atoms with Gasteiger partial charge >= 0.3 is 6.09 Å². The Morgan fingerprint density at radius 2 is 1.55 bits per heavy atom. The summed E-state index contributed by atoms with van der Waals surface area (Å²) >= 11 is 0. The molecule has 2 saturated carbocycles. The molecule has 2 aliphatic heterocycles. The van der Waals surface area contributed by atoms with Gasteiger partial charge in [0.25, 0.3) is 0 Å². The van der Waals surface area contributed by atoms with Crippen LogP contribution in [0.3, 0.4) is 0 Å². The zero-order chi connectivity index (χ0) is 29.8. The molecule has 2 amide bonds. The topological polar surface area (TPSA) is 75.9 Å². The van der Waals surface area contributed by atoms with Crippen LogP contribution in [0.15, 0.2) is 18.2 Å². The maximum absolute atomic E-state index is 13.3. The molecule has 0 spiro atoms. The van der Waals surface area contributed by atoms with Gasteiger partial charge in [0.15, 0.2) is 0 Å². The van der Waals surface area contributed by atoms with Crippen molar-refractivity contribution in [2.75, 3.05) is 33.3 Å². The lowest BCUT2D eigenvalue weighted by Crippen LogP contribution is -2.54. The van der Waals surface area contributed by atoms with Crippen molar-refractivity contribution in [3.63, 3.8) is 0 Å². The van der Waals surface area contributed by atoms with Crippen molar-refractivity contribution in [2.24, 2.45) is 17.1 Å². The largest absolute Gasteiger partial charge is 0.447 e. The fraction of sp³-hybridized carbons (Fsp3) is 0.750. The number of halogens is 2. The minimum absolute atomic E-state index is 0.153. The second-order valence-electron chi connectivity index (χ2n) is 11.9. The Labute approximate surface area is 241 Å². The highest BCUT2D eigenvalue weighted by Crippen LogP contribution is 2.47. The molecule has 1 aromatic carbocycles. The van der Waals surface area contributed by atoms with Crippen LogP contribution in [0.25, 0.3) is 0 Å². The Morgan fingerprint density at radius 3 is 2.05 bits per heavy atom. The number of piperidine rings is 1. The van der Waals surface area contributed by atoms with E-state index in [9.17, 15) is 18.4 Å². The van der Waals surface area contributed by atoms with Crippen LogP contribution in [0.5, 0.6) is 0 Å². The zero-order valence-corrected chi connectivity index (χ0v) is 25.5. The van der Waals surface area contributed by atoms with Crippen LogP contribution in [0, 0.1) is 23.0 Å². The minimum Gasteiger partial charge on any atom is -0.447 e. The molecule has 0 aromatic heterocycles. The SMILES string of the molecule is CC.CC1(C)COC(=O)N1CC1(C2CCCCC2)CCN(C=O)CC1.CN.Fc1ccc(C2CCCC2)c(F)c1. The molecule has 0 bridgehead atoms. The lowest BCUT2D eigenvalue weighted by Gasteiger charge is -2.50. The number of nitrogens with two attached hydrogens (primary N) is 1. The maximum atomic E-state index is 13.3. The third-order valence-electron chi connectivity index (χ3n) is 9.14. The lowest BCUT2D eigenvalue weighted by molar-refractivity contribution is -0.121. The van der Waals surface area contributed by atoms with E-state index in [0.29, 0.717) is 24.0 Å². The lowest BCUT2D eigenvalue weighted by atomic mass is 9.63. The molecule has 4 fully saturated rings. The number of carbonyl (C=O) groups is 2. The van der Waals surface area contributed by atoms with E-state index >= 15 is 0 Å². The Balaban J connectivity index is 0.000000279. The molecule has 8 heteroatoms. The number of carbonyl (C=O) groups excluding carboxylic acids is 2. The van der Waals surface area contributed by atoms with Crippen molar-refractivity contribution in [1.29, 1.82) is 0 Å². The number of rotatable bonds is 5. The highest BCUT2D eigenvalue weighted by atomic mass is 19.1. The van der Waals surface area contributed by atoms with E-state index in [2.05, 4.69) is 19.6 Å². The molecule has 2 aliphatic carbocycles. The van der Waals surface area contributed by atoms with E-state index < -0.39 is 5.82 Å². The number of cyclic esters (lactones) is 1. The third kappa shape index (κ3) is 8.64. The summed E-state index contributed by atoms with van der Waals surface area (Å²) in [4.78, 5) is 27.2. The average molecular weight is 566 g/mol. The van der Waals surface area contributed by atoms with Gasteiger partial charge in [0.2, 0.25) is 6.41 Å². The molecule has 228 valence electrons. The number of amides is 2. The summed E-state index contributed by atoms with van der Waals surface area (Å²) in [5, 5.41) is 0. The molecule has 2 heterocycles. The predicted molar refractivity (Wildman–Crippen MR) is 157 cm³/mol. The number of nitrogens with zero attached hydrogens (tertiary/aromatic N) is 2. The Morgan fingerprint density at radius 1 is 0.975 bits per heavy atom. The molecule has 6 nitrogen and oxygen atoms in total. The first-order valence-electron chi connectivity index (χ1n) is 15.4. The quantitative estimate of drug-likeness (QED) is 0.381. The second-order valence-corrected chi connectivity index (χ2v) is 11.9. The number of benzene rings is 1. The predicted octanol–water partition coefficient (Wildman–Crippen LogP) is 7.26. The van der Waals surface area contributed by atoms with Gasteiger partial charge in [0.05, 0.1) is 5.54 Å². The normalized spacial score (nSPS) is 22.1. The van der Waals surface area contributed by atoms with Crippen molar-refractivity contribution >= 4 is 12.5 Å². The second kappa shape index (κ2) is 16.3. The van der Waals surface area contributed by atoms with E-state index in [1.54, 1.807) is 6.07 Å². The fourth-order valence-electron chi connectivity index (χ4n) is 6.79. The van der Waals surface area contributed by atoms with Gasteiger partial charge in [-0.1, -0.05) is 52.0 Å². The molecule has 0 atom stereocenters. The van der Waals surface area contributed by atoms with E-state index in [0.717, 1.165) is 57.8 Å². The van der Waals surface area contributed by atoms with Crippen molar-refractivity contribution in [3.8, 4) is 0 Å². The Bertz CT molecular complexity index is 907. The van der Waals surface area contributed by atoms with Gasteiger partial charge in [-0.3, -0.25) is 9.69 Å². The molecule has 4 aliphatic rings. The monoisotopic (exact) mass is 565 g/mol. The number of hydrogen-bond acceptors (Lipinski definition) is 4. The number of hydrogen-bond donors (Lipinski definition) is 1. The summed E-state index contributed by atoms with van der Waals surface area (Å²) < 4.78 is 31.2. The van der Waals surface area contributed by atoms with E-state index in [1.165, 1.54) is 58.1 Å². The highest BCUT2D eigenvalue weighted by molar-refractivity contribution is 5.71. The van der Waals surface area contributed by atoms with E-state index in [-0.39, 0.29) is 22.9 Å². The van der Waals surface area contributed by atoms with Crippen LogP contribution in [-0.4, -0.2) is 61.1 Å². The number of ether oxygens (including phenoxy) is 1. The van der Waals surface area contributed by atoms with Gasteiger partial charge in [-0.15, -0.1) is 0 Å². The van der Waals surface area contributed by atoms with Crippen molar-refractivity contribution in [2.45, 2.75) is 110 Å². The van der Waals surface area contributed by atoms with Crippen LogP contribution in [0.4, 0.5) is 13.6 Å². The first-order chi connectivity index (χ1) is 19.2. The summed E-state index contributed by atoms with van der Waals surface area (Å²) in [6.07, 6.45) is 13.7.